The number of hydrogen-bond donors (Lipinski definition) is 2. The van der Waals surface area contributed by atoms with Crippen LogP contribution in [0.15, 0.2) is 47.4 Å². The SMILES string of the molecule is CCOc1ccc(S(=O)(=O)NC(C)(C)C)cc1NC(=O)c1cccc(Cl)c1. The number of rotatable bonds is 6. The number of anilines is 1. The molecule has 2 aromatic rings. The van der Waals surface area contributed by atoms with Gasteiger partial charge in [-0.15, -0.1) is 0 Å². The largest absolute Gasteiger partial charge is 0.492 e. The average Bonchev–Trinajstić information content (AvgIpc) is 2.54. The standard InChI is InChI=1S/C19H23ClN2O4S/c1-5-26-17-10-9-15(27(24,25)22-19(2,3)4)12-16(17)21-18(23)13-7-6-8-14(20)11-13/h6-12,22H,5H2,1-4H3,(H,21,23). The van der Waals surface area contributed by atoms with Crippen molar-refractivity contribution in [3.05, 3.63) is 53.1 Å². The Balaban J connectivity index is 2.40. The third-order valence-electron chi connectivity index (χ3n) is 3.34. The van der Waals surface area contributed by atoms with Crippen LogP contribution in [-0.4, -0.2) is 26.5 Å². The second-order valence-electron chi connectivity index (χ2n) is 6.91. The maximum absolute atomic E-state index is 12.6. The molecule has 0 unspecified atom stereocenters. The van der Waals surface area contributed by atoms with E-state index >= 15 is 0 Å². The molecule has 0 fully saturated rings. The number of nitrogens with one attached hydrogen (secondary N) is 2. The minimum Gasteiger partial charge on any atom is -0.492 e. The quantitative estimate of drug-likeness (QED) is 0.751. The van der Waals surface area contributed by atoms with Gasteiger partial charge in [0.25, 0.3) is 5.91 Å². The first-order chi connectivity index (χ1) is 12.5. The number of carbonyl (C=O) groups is 1. The van der Waals surface area contributed by atoms with Gasteiger partial charge in [-0.3, -0.25) is 4.79 Å². The highest BCUT2D eigenvalue weighted by molar-refractivity contribution is 7.89. The first-order valence-corrected chi connectivity index (χ1v) is 10.3. The molecule has 0 aliphatic carbocycles. The highest BCUT2D eigenvalue weighted by Gasteiger charge is 2.23. The van der Waals surface area contributed by atoms with Gasteiger partial charge < -0.3 is 10.1 Å². The highest BCUT2D eigenvalue weighted by atomic mass is 35.5. The lowest BCUT2D eigenvalue weighted by Gasteiger charge is -2.21. The van der Waals surface area contributed by atoms with E-state index in [9.17, 15) is 13.2 Å². The zero-order chi connectivity index (χ0) is 20.2. The Morgan fingerprint density at radius 3 is 2.44 bits per heavy atom. The molecule has 2 N–H and O–H groups in total. The van der Waals surface area contributed by atoms with Crippen LogP contribution in [0.25, 0.3) is 0 Å². The van der Waals surface area contributed by atoms with Crippen molar-refractivity contribution in [1.82, 2.24) is 4.72 Å². The van der Waals surface area contributed by atoms with Gasteiger partial charge in [0.05, 0.1) is 17.2 Å². The summed E-state index contributed by atoms with van der Waals surface area (Å²) in [5, 5.41) is 3.13. The molecule has 2 aromatic carbocycles. The fraction of sp³-hybridized carbons (Fsp3) is 0.316. The van der Waals surface area contributed by atoms with E-state index < -0.39 is 21.5 Å². The van der Waals surface area contributed by atoms with Crippen LogP contribution in [0, 0.1) is 0 Å². The predicted molar refractivity (Wildman–Crippen MR) is 107 cm³/mol. The van der Waals surface area contributed by atoms with Gasteiger partial charge in [-0.25, -0.2) is 13.1 Å². The molecule has 0 saturated heterocycles. The van der Waals surface area contributed by atoms with E-state index in [2.05, 4.69) is 10.0 Å². The number of benzene rings is 2. The van der Waals surface area contributed by atoms with Gasteiger partial charge in [0.1, 0.15) is 5.75 Å². The van der Waals surface area contributed by atoms with Gasteiger partial charge in [0.15, 0.2) is 0 Å². The van der Waals surface area contributed by atoms with Crippen molar-refractivity contribution in [3.63, 3.8) is 0 Å². The molecular formula is C19H23ClN2O4S. The molecule has 146 valence electrons. The highest BCUT2D eigenvalue weighted by Crippen LogP contribution is 2.29. The molecule has 2 rings (SSSR count). The van der Waals surface area contributed by atoms with Crippen molar-refractivity contribution in [1.29, 1.82) is 0 Å². The zero-order valence-corrected chi connectivity index (χ0v) is 17.2. The van der Waals surface area contributed by atoms with E-state index in [4.69, 9.17) is 16.3 Å². The van der Waals surface area contributed by atoms with Crippen molar-refractivity contribution in [2.24, 2.45) is 0 Å². The lowest BCUT2D eigenvalue weighted by molar-refractivity contribution is 0.102. The molecule has 0 heterocycles. The molecule has 0 aromatic heterocycles. The van der Waals surface area contributed by atoms with E-state index in [1.165, 1.54) is 24.3 Å². The lowest BCUT2D eigenvalue weighted by atomic mass is 10.1. The minimum atomic E-state index is -3.76. The van der Waals surface area contributed by atoms with Gasteiger partial charge >= 0.3 is 0 Å². The van der Waals surface area contributed by atoms with Crippen molar-refractivity contribution in [3.8, 4) is 5.75 Å². The summed E-state index contributed by atoms with van der Waals surface area (Å²) in [4.78, 5) is 12.6. The zero-order valence-electron chi connectivity index (χ0n) is 15.7. The summed E-state index contributed by atoms with van der Waals surface area (Å²) in [5.41, 5.74) is -0.0219. The maximum Gasteiger partial charge on any atom is 0.255 e. The normalized spacial score (nSPS) is 11.9. The van der Waals surface area contributed by atoms with E-state index in [-0.39, 0.29) is 10.6 Å². The predicted octanol–water partition coefficient (Wildman–Crippen LogP) is 4.07. The molecule has 0 bridgehead atoms. The Morgan fingerprint density at radius 1 is 1.15 bits per heavy atom. The van der Waals surface area contributed by atoms with Crippen molar-refractivity contribution in [2.75, 3.05) is 11.9 Å². The average molecular weight is 411 g/mol. The lowest BCUT2D eigenvalue weighted by Crippen LogP contribution is -2.40. The van der Waals surface area contributed by atoms with Crippen LogP contribution < -0.4 is 14.8 Å². The van der Waals surface area contributed by atoms with E-state index in [1.54, 1.807) is 45.9 Å². The molecule has 6 nitrogen and oxygen atoms in total. The molecule has 0 atom stereocenters. The van der Waals surface area contributed by atoms with Crippen LogP contribution in [0.1, 0.15) is 38.1 Å². The van der Waals surface area contributed by atoms with Crippen molar-refractivity contribution >= 4 is 33.2 Å². The van der Waals surface area contributed by atoms with E-state index in [0.29, 0.717) is 22.9 Å². The second kappa shape index (κ2) is 8.29. The van der Waals surface area contributed by atoms with Crippen LogP contribution in [0.4, 0.5) is 5.69 Å². The number of amides is 1. The number of hydrogen-bond acceptors (Lipinski definition) is 4. The minimum absolute atomic E-state index is 0.0299. The van der Waals surface area contributed by atoms with E-state index in [0.717, 1.165) is 0 Å². The van der Waals surface area contributed by atoms with Gasteiger partial charge in [-0.2, -0.15) is 0 Å². The van der Waals surface area contributed by atoms with Gasteiger partial charge in [0.2, 0.25) is 10.0 Å². The summed E-state index contributed by atoms with van der Waals surface area (Å²) in [6.45, 7) is 7.42. The molecule has 27 heavy (non-hydrogen) atoms. The Hall–Kier alpha value is -2.09. The number of carbonyl (C=O) groups excluding carboxylic acids is 1. The van der Waals surface area contributed by atoms with Crippen LogP contribution in [0.5, 0.6) is 5.75 Å². The summed E-state index contributed by atoms with van der Waals surface area (Å²) in [7, 11) is -3.76. The van der Waals surface area contributed by atoms with Crippen LogP contribution in [0.3, 0.4) is 0 Å². The summed E-state index contributed by atoms with van der Waals surface area (Å²) in [6, 6.07) is 10.8. The molecular weight excluding hydrogens is 388 g/mol. The van der Waals surface area contributed by atoms with Crippen LogP contribution >= 0.6 is 11.6 Å². The smallest absolute Gasteiger partial charge is 0.255 e. The topological polar surface area (TPSA) is 84.5 Å². The fourth-order valence-corrected chi connectivity index (χ4v) is 3.98. The van der Waals surface area contributed by atoms with E-state index in [1.807, 2.05) is 0 Å². The van der Waals surface area contributed by atoms with Gasteiger partial charge in [0, 0.05) is 16.1 Å². The fourth-order valence-electron chi connectivity index (χ4n) is 2.34. The molecule has 0 radical (unpaired) electrons. The third kappa shape index (κ3) is 5.95. The molecule has 0 aliphatic heterocycles. The first-order valence-electron chi connectivity index (χ1n) is 8.39. The third-order valence-corrected chi connectivity index (χ3v) is 5.33. The van der Waals surface area contributed by atoms with Crippen LogP contribution in [0.2, 0.25) is 5.02 Å². The summed E-state index contributed by atoms with van der Waals surface area (Å²) >= 11 is 5.93. The Kier molecular flexibility index (Phi) is 6.51. The van der Waals surface area contributed by atoms with Crippen molar-refractivity contribution < 1.29 is 17.9 Å². The summed E-state index contributed by atoms with van der Waals surface area (Å²) in [6.07, 6.45) is 0. The van der Waals surface area contributed by atoms with Gasteiger partial charge in [-0.05, 0) is 64.1 Å². The first kappa shape index (κ1) is 21.2. The number of halogens is 1. The second-order valence-corrected chi connectivity index (χ2v) is 9.03. The monoisotopic (exact) mass is 410 g/mol. The Bertz CT molecular complexity index is 937. The Morgan fingerprint density at radius 2 is 1.85 bits per heavy atom. The van der Waals surface area contributed by atoms with Crippen molar-refractivity contribution in [2.45, 2.75) is 38.1 Å². The molecule has 8 heteroatoms. The molecule has 0 spiro atoms. The van der Waals surface area contributed by atoms with Crippen LogP contribution in [-0.2, 0) is 10.0 Å². The molecule has 0 saturated carbocycles. The maximum atomic E-state index is 12.6. The number of ether oxygens (including phenoxy) is 1. The molecule has 0 aliphatic rings. The summed E-state index contributed by atoms with van der Waals surface area (Å²) in [5.74, 6) is -0.0423. The van der Waals surface area contributed by atoms with Gasteiger partial charge in [-0.1, -0.05) is 17.7 Å². The number of sulfonamides is 1. The Labute approximate surface area is 164 Å². The molecule has 1 amide bonds. The summed E-state index contributed by atoms with van der Waals surface area (Å²) < 4.78 is 33.3.